The predicted molar refractivity (Wildman–Crippen MR) is 62.3 cm³/mol. The maximum Gasteiger partial charge on any atom is 0.321 e. The molecule has 0 bridgehead atoms. The normalized spacial score (nSPS) is 11.6. The Morgan fingerprint density at radius 3 is 2.50 bits per heavy atom. The Balaban J connectivity index is 2.49. The number of halogens is 1. The van der Waals surface area contributed by atoms with Crippen LogP contribution in [0.15, 0.2) is 30.3 Å². The number of rotatable bonds is 3. The summed E-state index contributed by atoms with van der Waals surface area (Å²) in [7, 11) is 0. The van der Waals surface area contributed by atoms with Crippen molar-refractivity contribution in [1.82, 2.24) is 10.6 Å². The van der Waals surface area contributed by atoms with Gasteiger partial charge in [-0.2, -0.15) is 0 Å². The van der Waals surface area contributed by atoms with Gasteiger partial charge in [0.1, 0.15) is 5.88 Å². The predicted octanol–water partition coefficient (Wildman–Crippen LogP) is 1.81. The summed E-state index contributed by atoms with van der Waals surface area (Å²) in [4.78, 5) is 22.1. The Labute approximate surface area is 99.0 Å². The maximum atomic E-state index is 11.3. The first-order valence-electron chi connectivity index (χ1n) is 4.84. The largest absolute Gasteiger partial charge is 0.331 e. The van der Waals surface area contributed by atoms with Crippen LogP contribution in [-0.4, -0.2) is 17.8 Å². The third kappa shape index (κ3) is 3.90. The monoisotopic (exact) mass is 240 g/mol. The van der Waals surface area contributed by atoms with Gasteiger partial charge in [0.2, 0.25) is 5.91 Å². The molecule has 3 amide bonds. The van der Waals surface area contributed by atoms with Crippen molar-refractivity contribution in [2.24, 2.45) is 0 Å². The highest BCUT2D eigenvalue weighted by Gasteiger charge is 2.10. The van der Waals surface area contributed by atoms with Gasteiger partial charge >= 0.3 is 6.03 Å². The van der Waals surface area contributed by atoms with E-state index in [-0.39, 0.29) is 11.9 Å². The van der Waals surface area contributed by atoms with Crippen molar-refractivity contribution in [2.75, 3.05) is 5.88 Å². The van der Waals surface area contributed by atoms with Crippen LogP contribution in [0.4, 0.5) is 4.79 Å². The summed E-state index contributed by atoms with van der Waals surface area (Å²) in [5.41, 5.74) is 0.968. The molecular formula is C11H13ClN2O2. The summed E-state index contributed by atoms with van der Waals surface area (Å²) < 4.78 is 0. The molecule has 1 aromatic rings. The average molecular weight is 241 g/mol. The van der Waals surface area contributed by atoms with Gasteiger partial charge < -0.3 is 5.32 Å². The molecule has 2 N–H and O–H groups in total. The molecule has 16 heavy (non-hydrogen) atoms. The molecule has 1 rings (SSSR count). The molecule has 0 radical (unpaired) electrons. The highest BCUT2D eigenvalue weighted by molar-refractivity contribution is 6.28. The molecule has 0 aliphatic heterocycles. The van der Waals surface area contributed by atoms with Gasteiger partial charge in [-0.05, 0) is 12.5 Å². The molecule has 0 saturated heterocycles. The van der Waals surface area contributed by atoms with Crippen LogP contribution in [0.3, 0.4) is 0 Å². The lowest BCUT2D eigenvalue weighted by Gasteiger charge is -2.13. The highest BCUT2D eigenvalue weighted by atomic mass is 35.5. The molecule has 0 aliphatic rings. The first-order valence-corrected chi connectivity index (χ1v) is 5.38. The summed E-state index contributed by atoms with van der Waals surface area (Å²) in [5, 5.41) is 4.74. The van der Waals surface area contributed by atoms with Gasteiger partial charge in [0.25, 0.3) is 0 Å². The molecule has 0 heterocycles. The standard InChI is InChI=1S/C11H13ClN2O2/c1-8(9-5-3-2-4-6-9)13-11(16)14-10(15)7-12/h2-6,8H,7H2,1H3,(H2,13,14,15,16). The number of imide groups is 1. The molecule has 86 valence electrons. The van der Waals surface area contributed by atoms with E-state index in [0.29, 0.717) is 0 Å². The second kappa shape index (κ2) is 6.12. The van der Waals surface area contributed by atoms with Gasteiger partial charge in [0, 0.05) is 0 Å². The SMILES string of the molecule is CC(NC(=O)NC(=O)CCl)c1ccccc1. The van der Waals surface area contributed by atoms with Crippen LogP contribution in [0.1, 0.15) is 18.5 Å². The quantitative estimate of drug-likeness (QED) is 0.792. The van der Waals surface area contributed by atoms with Crippen LogP contribution in [0.2, 0.25) is 0 Å². The summed E-state index contributed by atoms with van der Waals surface area (Å²) in [6.45, 7) is 1.83. The van der Waals surface area contributed by atoms with Crippen LogP contribution < -0.4 is 10.6 Å². The number of carbonyl (C=O) groups excluding carboxylic acids is 2. The van der Waals surface area contributed by atoms with Gasteiger partial charge in [-0.3, -0.25) is 10.1 Å². The number of nitrogens with one attached hydrogen (secondary N) is 2. The molecule has 0 aliphatic carbocycles. The van der Waals surface area contributed by atoms with Crippen LogP contribution in [-0.2, 0) is 4.79 Å². The third-order valence-electron chi connectivity index (χ3n) is 2.02. The van der Waals surface area contributed by atoms with Gasteiger partial charge in [0.15, 0.2) is 0 Å². The Kier molecular flexibility index (Phi) is 4.79. The first-order chi connectivity index (χ1) is 7.63. The number of urea groups is 1. The molecule has 5 heteroatoms. The summed E-state index contributed by atoms with van der Waals surface area (Å²) in [6.07, 6.45) is 0. The van der Waals surface area contributed by atoms with Crippen molar-refractivity contribution in [3.63, 3.8) is 0 Å². The van der Waals surface area contributed by atoms with E-state index in [9.17, 15) is 9.59 Å². The van der Waals surface area contributed by atoms with E-state index in [1.165, 1.54) is 0 Å². The molecular weight excluding hydrogens is 228 g/mol. The van der Waals surface area contributed by atoms with Crippen molar-refractivity contribution in [1.29, 1.82) is 0 Å². The molecule has 0 aromatic heterocycles. The number of amides is 3. The lowest BCUT2D eigenvalue weighted by atomic mass is 10.1. The highest BCUT2D eigenvalue weighted by Crippen LogP contribution is 2.10. The Hall–Kier alpha value is -1.55. The van der Waals surface area contributed by atoms with Gasteiger partial charge in [0.05, 0.1) is 6.04 Å². The molecule has 4 nitrogen and oxygen atoms in total. The minimum absolute atomic E-state index is 0.163. The van der Waals surface area contributed by atoms with E-state index >= 15 is 0 Å². The Morgan fingerprint density at radius 1 is 1.31 bits per heavy atom. The van der Waals surface area contributed by atoms with E-state index < -0.39 is 11.9 Å². The Bertz CT molecular complexity index is 368. The molecule has 0 saturated carbocycles. The topological polar surface area (TPSA) is 58.2 Å². The lowest BCUT2D eigenvalue weighted by Crippen LogP contribution is -2.41. The van der Waals surface area contributed by atoms with E-state index in [4.69, 9.17) is 11.6 Å². The van der Waals surface area contributed by atoms with Crippen LogP contribution in [0, 0.1) is 0 Å². The minimum Gasteiger partial charge on any atom is -0.331 e. The molecule has 1 unspecified atom stereocenters. The van der Waals surface area contributed by atoms with Crippen molar-refractivity contribution >= 4 is 23.5 Å². The summed E-state index contributed by atoms with van der Waals surface area (Å²) in [5.74, 6) is -0.743. The minimum atomic E-state index is -0.540. The zero-order valence-corrected chi connectivity index (χ0v) is 9.62. The average Bonchev–Trinajstić information content (AvgIpc) is 2.29. The van der Waals surface area contributed by atoms with Crippen molar-refractivity contribution in [2.45, 2.75) is 13.0 Å². The van der Waals surface area contributed by atoms with Crippen LogP contribution in [0.25, 0.3) is 0 Å². The summed E-state index contributed by atoms with van der Waals surface area (Å²) >= 11 is 5.26. The fourth-order valence-electron chi connectivity index (χ4n) is 1.22. The molecule has 1 atom stereocenters. The van der Waals surface area contributed by atoms with E-state index in [2.05, 4.69) is 10.6 Å². The second-order valence-electron chi connectivity index (χ2n) is 3.29. The first kappa shape index (κ1) is 12.5. The zero-order chi connectivity index (χ0) is 12.0. The fraction of sp³-hybridized carbons (Fsp3) is 0.273. The summed E-state index contributed by atoms with van der Waals surface area (Å²) in [6, 6.07) is 8.76. The number of hydrogen-bond donors (Lipinski definition) is 2. The van der Waals surface area contributed by atoms with Crippen LogP contribution in [0.5, 0.6) is 0 Å². The van der Waals surface area contributed by atoms with Crippen molar-refractivity contribution in [3.8, 4) is 0 Å². The second-order valence-corrected chi connectivity index (χ2v) is 3.55. The number of carbonyl (C=O) groups is 2. The van der Waals surface area contributed by atoms with E-state index in [1.807, 2.05) is 37.3 Å². The fourth-order valence-corrected chi connectivity index (χ4v) is 1.28. The number of alkyl halides is 1. The lowest BCUT2D eigenvalue weighted by molar-refractivity contribution is -0.117. The van der Waals surface area contributed by atoms with Gasteiger partial charge in [-0.25, -0.2) is 4.79 Å². The molecule has 0 fully saturated rings. The number of hydrogen-bond acceptors (Lipinski definition) is 2. The third-order valence-corrected chi connectivity index (χ3v) is 2.26. The number of benzene rings is 1. The van der Waals surface area contributed by atoms with Crippen molar-refractivity contribution < 1.29 is 9.59 Å². The molecule has 1 aromatic carbocycles. The Morgan fingerprint density at radius 2 is 1.94 bits per heavy atom. The molecule has 0 spiro atoms. The van der Waals surface area contributed by atoms with Crippen LogP contribution >= 0.6 is 11.6 Å². The van der Waals surface area contributed by atoms with Gasteiger partial charge in [-0.15, -0.1) is 11.6 Å². The van der Waals surface area contributed by atoms with E-state index in [0.717, 1.165) is 5.56 Å². The smallest absolute Gasteiger partial charge is 0.321 e. The zero-order valence-electron chi connectivity index (χ0n) is 8.87. The van der Waals surface area contributed by atoms with Crippen molar-refractivity contribution in [3.05, 3.63) is 35.9 Å². The van der Waals surface area contributed by atoms with Gasteiger partial charge in [-0.1, -0.05) is 30.3 Å². The van der Waals surface area contributed by atoms with E-state index in [1.54, 1.807) is 0 Å². The maximum absolute atomic E-state index is 11.3.